The summed E-state index contributed by atoms with van der Waals surface area (Å²) < 4.78 is 27.3. The monoisotopic (exact) mass is 359 g/mol. The molecule has 0 bridgehead atoms. The molecule has 0 fully saturated rings. The van der Waals surface area contributed by atoms with E-state index in [-0.39, 0.29) is 18.0 Å². The van der Waals surface area contributed by atoms with Crippen LogP contribution in [0.3, 0.4) is 0 Å². The number of amides is 1. The Bertz CT molecular complexity index is 637. The second-order valence-electron chi connectivity index (χ2n) is 4.46. The van der Waals surface area contributed by atoms with Gasteiger partial charge in [-0.15, -0.1) is 11.3 Å². The molecule has 6 heteroatoms. The van der Waals surface area contributed by atoms with Crippen LogP contribution < -0.4 is 0 Å². The van der Waals surface area contributed by atoms with Crippen molar-refractivity contribution in [3.63, 3.8) is 0 Å². The van der Waals surface area contributed by atoms with Gasteiger partial charge < -0.3 is 4.90 Å². The smallest absolute Gasteiger partial charge is 0.264 e. The van der Waals surface area contributed by atoms with Crippen molar-refractivity contribution in [1.29, 1.82) is 0 Å². The molecule has 0 saturated heterocycles. The van der Waals surface area contributed by atoms with Crippen molar-refractivity contribution in [1.82, 2.24) is 4.90 Å². The SMILES string of the molecule is Cc1cc(C(=O)N(C)Cc2ccc(F)cc2F)sc1Br. The minimum Gasteiger partial charge on any atom is -0.337 e. The minimum absolute atomic E-state index is 0.0967. The summed E-state index contributed by atoms with van der Waals surface area (Å²) in [6, 6.07) is 5.14. The number of benzene rings is 1. The Labute approximate surface area is 128 Å². The van der Waals surface area contributed by atoms with Gasteiger partial charge in [-0.25, -0.2) is 8.78 Å². The summed E-state index contributed by atoms with van der Waals surface area (Å²) in [5.41, 5.74) is 1.27. The summed E-state index contributed by atoms with van der Waals surface area (Å²) in [5, 5.41) is 0. The Morgan fingerprint density at radius 3 is 2.60 bits per heavy atom. The fraction of sp³-hybridized carbons (Fsp3) is 0.214. The number of nitrogens with zero attached hydrogens (tertiary/aromatic N) is 1. The number of aryl methyl sites for hydroxylation is 1. The Morgan fingerprint density at radius 1 is 1.35 bits per heavy atom. The second kappa shape index (κ2) is 6.01. The molecule has 2 nitrogen and oxygen atoms in total. The van der Waals surface area contributed by atoms with Crippen molar-refractivity contribution < 1.29 is 13.6 Å². The summed E-state index contributed by atoms with van der Waals surface area (Å²) in [4.78, 5) is 14.2. The van der Waals surface area contributed by atoms with Crippen molar-refractivity contribution in [2.75, 3.05) is 7.05 Å². The zero-order chi connectivity index (χ0) is 14.9. The highest BCUT2D eigenvalue weighted by Crippen LogP contribution is 2.28. The molecule has 1 heterocycles. The predicted molar refractivity (Wildman–Crippen MR) is 78.9 cm³/mol. The minimum atomic E-state index is -0.645. The van der Waals surface area contributed by atoms with E-state index in [9.17, 15) is 13.6 Å². The zero-order valence-corrected chi connectivity index (χ0v) is 13.3. The van der Waals surface area contributed by atoms with Crippen LogP contribution in [0.2, 0.25) is 0 Å². The Morgan fingerprint density at radius 2 is 2.05 bits per heavy atom. The van der Waals surface area contributed by atoms with Crippen LogP contribution in [0, 0.1) is 18.6 Å². The number of halogens is 3. The summed E-state index contributed by atoms with van der Waals surface area (Å²) in [7, 11) is 1.59. The third-order valence-corrected chi connectivity index (χ3v) is 4.96. The topological polar surface area (TPSA) is 20.3 Å². The summed E-state index contributed by atoms with van der Waals surface area (Å²) >= 11 is 4.71. The third kappa shape index (κ3) is 3.24. The molecule has 0 aliphatic rings. The van der Waals surface area contributed by atoms with Gasteiger partial charge in [0.15, 0.2) is 0 Å². The van der Waals surface area contributed by atoms with Gasteiger partial charge in [0.1, 0.15) is 11.6 Å². The van der Waals surface area contributed by atoms with E-state index < -0.39 is 11.6 Å². The number of carbonyl (C=O) groups excluding carboxylic acids is 1. The van der Waals surface area contributed by atoms with Crippen LogP contribution in [0.1, 0.15) is 20.8 Å². The molecular formula is C14H12BrF2NOS. The van der Waals surface area contributed by atoms with E-state index >= 15 is 0 Å². The molecule has 0 radical (unpaired) electrons. The fourth-order valence-electron chi connectivity index (χ4n) is 1.73. The molecular weight excluding hydrogens is 348 g/mol. The van der Waals surface area contributed by atoms with Crippen LogP contribution in [-0.4, -0.2) is 17.9 Å². The molecule has 2 rings (SSSR count). The van der Waals surface area contributed by atoms with Gasteiger partial charge in [0.2, 0.25) is 0 Å². The van der Waals surface area contributed by atoms with Gasteiger partial charge in [0.05, 0.1) is 8.66 Å². The number of hydrogen-bond acceptors (Lipinski definition) is 2. The lowest BCUT2D eigenvalue weighted by atomic mass is 10.2. The Kier molecular flexibility index (Phi) is 4.55. The van der Waals surface area contributed by atoms with Gasteiger partial charge in [0.25, 0.3) is 5.91 Å². The highest BCUT2D eigenvalue weighted by atomic mass is 79.9. The van der Waals surface area contributed by atoms with E-state index in [0.29, 0.717) is 4.88 Å². The fourth-order valence-corrected chi connectivity index (χ4v) is 3.26. The molecule has 0 atom stereocenters. The van der Waals surface area contributed by atoms with E-state index in [2.05, 4.69) is 15.9 Å². The van der Waals surface area contributed by atoms with Gasteiger partial charge >= 0.3 is 0 Å². The second-order valence-corrected chi connectivity index (χ2v) is 6.83. The van der Waals surface area contributed by atoms with Crippen LogP contribution in [0.5, 0.6) is 0 Å². The standard InChI is InChI=1S/C14H12BrF2NOS/c1-8-5-12(20-13(8)15)14(19)18(2)7-9-3-4-10(16)6-11(9)17/h3-6H,7H2,1-2H3. The van der Waals surface area contributed by atoms with Gasteiger partial charge in [-0.1, -0.05) is 6.07 Å². The van der Waals surface area contributed by atoms with E-state index in [1.54, 1.807) is 13.1 Å². The maximum Gasteiger partial charge on any atom is 0.264 e. The van der Waals surface area contributed by atoms with E-state index in [4.69, 9.17) is 0 Å². The van der Waals surface area contributed by atoms with E-state index in [1.165, 1.54) is 28.4 Å². The van der Waals surface area contributed by atoms with Gasteiger partial charge in [0, 0.05) is 25.2 Å². The van der Waals surface area contributed by atoms with Crippen molar-refractivity contribution >= 4 is 33.2 Å². The average Bonchev–Trinajstić information content (AvgIpc) is 2.72. The first-order valence-corrected chi connectivity index (χ1v) is 7.44. The first-order chi connectivity index (χ1) is 9.38. The van der Waals surface area contributed by atoms with E-state index in [0.717, 1.165) is 15.4 Å². The predicted octanol–water partition coefficient (Wildman–Crippen LogP) is 4.37. The molecule has 1 aromatic carbocycles. The Balaban J connectivity index is 2.15. The van der Waals surface area contributed by atoms with Crippen LogP contribution in [0.4, 0.5) is 8.78 Å². The van der Waals surface area contributed by atoms with E-state index in [1.807, 2.05) is 6.92 Å². The molecule has 0 saturated carbocycles. The molecule has 1 aromatic heterocycles. The molecule has 20 heavy (non-hydrogen) atoms. The zero-order valence-electron chi connectivity index (χ0n) is 10.9. The molecule has 0 spiro atoms. The van der Waals surface area contributed by atoms with Crippen molar-refractivity contribution in [2.24, 2.45) is 0 Å². The molecule has 2 aromatic rings. The number of hydrogen-bond donors (Lipinski definition) is 0. The maximum absolute atomic E-state index is 13.6. The normalized spacial score (nSPS) is 10.7. The van der Waals surface area contributed by atoms with Crippen molar-refractivity contribution in [2.45, 2.75) is 13.5 Å². The van der Waals surface area contributed by atoms with Crippen molar-refractivity contribution in [3.8, 4) is 0 Å². The largest absolute Gasteiger partial charge is 0.337 e. The van der Waals surface area contributed by atoms with Crippen LogP contribution in [0.15, 0.2) is 28.1 Å². The molecule has 0 aliphatic carbocycles. The number of thiophene rings is 1. The van der Waals surface area contributed by atoms with Crippen LogP contribution >= 0.6 is 27.3 Å². The molecule has 0 aliphatic heterocycles. The summed E-state index contributed by atoms with van der Waals surface area (Å²) in [6.45, 7) is 2.00. The molecule has 0 unspecified atom stereocenters. The molecule has 0 N–H and O–H groups in total. The summed E-state index contributed by atoms with van der Waals surface area (Å²) in [6.07, 6.45) is 0. The van der Waals surface area contributed by atoms with Crippen LogP contribution in [-0.2, 0) is 6.54 Å². The third-order valence-electron chi connectivity index (χ3n) is 2.84. The highest BCUT2D eigenvalue weighted by Gasteiger charge is 2.17. The van der Waals surface area contributed by atoms with Crippen LogP contribution in [0.25, 0.3) is 0 Å². The number of rotatable bonds is 3. The van der Waals surface area contributed by atoms with Gasteiger partial charge in [-0.3, -0.25) is 4.79 Å². The first-order valence-electron chi connectivity index (χ1n) is 5.84. The van der Waals surface area contributed by atoms with Gasteiger partial charge in [-0.05, 0) is 40.5 Å². The van der Waals surface area contributed by atoms with Crippen molar-refractivity contribution in [3.05, 3.63) is 55.7 Å². The average molecular weight is 360 g/mol. The lowest BCUT2D eigenvalue weighted by molar-refractivity contribution is 0.0788. The summed E-state index contributed by atoms with van der Waals surface area (Å²) in [5.74, 6) is -1.46. The maximum atomic E-state index is 13.6. The van der Waals surface area contributed by atoms with Gasteiger partial charge in [-0.2, -0.15) is 0 Å². The number of carbonyl (C=O) groups is 1. The lowest BCUT2D eigenvalue weighted by Crippen LogP contribution is -2.25. The lowest BCUT2D eigenvalue weighted by Gasteiger charge is -2.16. The highest BCUT2D eigenvalue weighted by molar-refractivity contribution is 9.11. The Hall–Kier alpha value is -1.27. The molecule has 106 valence electrons. The quantitative estimate of drug-likeness (QED) is 0.796. The first kappa shape index (κ1) is 15.1. The molecule has 1 amide bonds.